The molecule has 0 bridgehead atoms. The summed E-state index contributed by atoms with van der Waals surface area (Å²) >= 11 is 0. The Morgan fingerprint density at radius 1 is 1.26 bits per heavy atom. The molecule has 27 heavy (non-hydrogen) atoms. The van der Waals surface area contributed by atoms with Crippen LogP contribution in [0.25, 0.3) is 0 Å². The van der Waals surface area contributed by atoms with E-state index in [9.17, 15) is 4.79 Å². The van der Waals surface area contributed by atoms with Gasteiger partial charge in [0.1, 0.15) is 11.6 Å². The highest BCUT2D eigenvalue weighted by molar-refractivity contribution is 5.78. The number of imidazole rings is 1. The number of hydrogen-bond donors (Lipinski definition) is 0. The number of ether oxygens (including phenoxy) is 1. The highest BCUT2D eigenvalue weighted by Gasteiger charge is 2.26. The van der Waals surface area contributed by atoms with Crippen LogP contribution >= 0.6 is 0 Å². The number of amides is 1. The summed E-state index contributed by atoms with van der Waals surface area (Å²) in [5, 5.41) is 0. The molecule has 0 aliphatic carbocycles. The first-order valence-corrected chi connectivity index (χ1v) is 10.1. The topological polar surface area (TPSA) is 47.4 Å². The van der Waals surface area contributed by atoms with Gasteiger partial charge in [0.05, 0.1) is 0 Å². The molecule has 0 radical (unpaired) electrons. The summed E-state index contributed by atoms with van der Waals surface area (Å²) in [6.07, 6.45) is 6.89. The number of aryl methyl sites for hydroxylation is 1. The molecule has 2 heterocycles. The van der Waals surface area contributed by atoms with Crippen molar-refractivity contribution < 1.29 is 9.53 Å². The summed E-state index contributed by atoms with van der Waals surface area (Å²) in [5.41, 5.74) is 1.18. The maximum Gasteiger partial charge on any atom is 0.260 e. The largest absolute Gasteiger partial charge is 0.483 e. The molecule has 1 saturated heterocycles. The summed E-state index contributed by atoms with van der Waals surface area (Å²) in [7, 11) is 0. The van der Waals surface area contributed by atoms with Gasteiger partial charge in [-0.2, -0.15) is 0 Å². The fourth-order valence-corrected chi connectivity index (χ4v) is 3.80. The molecule has 1 fully saturated rings. The molecule has 0 N–H and O–H groups in total. The number of carbonyl (C=O) groups is 1. The minimum atomic E-state index is 0.0752. The summed E-state index contributed by atoms with van der Waals surface area (Å²) in [6, 6.07) is 8.05. The Labute approximate surface area is 162 Å². The second-order valence-electron chi connectivity index (χ2n) is 7.36. The zero-order valence-electron chi connectivity index (χ0n) is 16.7. The van der Waals surface area contributed by atoms with E-state index in [1.54, 1.807) is 0 Å². The molecule has 0 spiro atoms. The molecule has 3 rings (SSSR count). The molecule has 1 aliphatic heterocycles. The van der Waals surface area contributed by atoms with Crippen LogP contribution in [0.4, 0.5) is 0 Å². The molecule has 2 aromatic rings. The van der Waals surface area contributed by atoms with Gasteiger partial charge in [-0.1, -0.05) is 32.0 Å². The van der Waals surface area contributed by atoms with Gasteiger partial charge in [0.25, 0.3) is 5.91 Å². The smallest absolute Gasteiger partial charge is 0.260 e. The minimum Gasteiger partial charge on any atom is -0.483 e. The third-order valence-electron chi connectivity index (χ3n) is 5.71. The fourth-order valence-electron chi connectivity index (χ4n) is 3.80. The lowest BCUT2D eigenvalue weighted by Crippen LogP contribution is -2.40. The van der Waals surface area contributed by atoms with Crippen LogP contribution in [-0.2, 0) is 11.3 Å². The second-order valence-corrected chi connectivity index (χ2v) is 7.36. The van der Waals surface area contributed by atoms with Crippen LogP contribution < -0.4 is 4.74 Å². The molecule has 0 saturated carbocycles. The monoisotopic (exact) mass is 369 g/mol. The highest BCUT2D eigenvalue weighted by atomic mass is 16.5. The molecule has 146 valence electrons. The lowest BCUT2D eigenvalue weighted by atomic mass is 9.96. The molecule has 5 heteroatoms. The second kappa shape index (κ2) is 9.07. The van der Waals surface area contributed by atoms with Crippen LogP contribution in [0, 0.1) is 0 Å². The molecule has 1 aromatic heterocycles. The van der Waals surface area contributed by atoms with E-state index in [1.807, 2.05) is 35.5 Å². The van der Waals surface area contributed by atoms with E-state index in [2.05, 4.69) is 36.4 Å². The maximum absolute atomic E-state index is 12.6. The van der Waals surface area contributed by atoms with Gasteiger partial charge >= 0.3 is 0 Å². The average Bonchev–Trinajstić information content (AvgIpc) is 3.20. The van der Waals surface area contributed by atoms with Crippen LogP contribution in [0.1, 0.15) is 63.3 Å². The Hall–Kier alpha value is -2.30. The third kappa shape index (κ3) is 4.52. The van der Waals surface area contributed by atoms with Crippen molar-refractivity contribution in [2.75, 3.05) is 19.7 Å². The van der Waals surface area contributed by atoms with Crippen molar-refractivity contribution >= 4 is 5.91 Å². The van der Waals surface area contributed by atoms with Crippen molar-refractivity contribution in [2.45, 2.75) is 58.4 Å². The van der Waals surface area contributed by atoms with Crippen LogP contribution in [-0.4, -0.2) is 40.1 Å². The first-order valence-electron chi connectivity index (χ1n) is 10.1. The number of piperidine rings is 1. The summed E-state index contributed by atoms with van der Waals surface area (Å²) in [4.78, 5) is 19.1. The number of rotatable bonds is 7. The van der Waals surface area contributed by atoms with Gasteiger partial charge in [0, 0.05) is 37.9 Å². The van der Waals surface area contributed by atoms with Gasteiger partial charge in [-0.25, -0.2) is 4.98 Å². The van der Waals surface area contributed by atoms with E-state index in [0.717, 1.165) is 50.5 Å². The van der Waals surface area contributed by atoms with E-state index in [1.165, 1.54) is 5.56 Å². The predicted octanol–water partition coefficient (Wildman–Crippen LogP) is 4.20. The van der Waals surface area contributed by atoms with Crippen molar-refractivity contribution in [3.63, 3.8) is 0 Å². The minimum absolute atomic E-state index is 0.0752. The third-order valence-corrected chi connectivity index (χ3v) is 5.71. The quantitative estimate of drug-likeness (QED) is 0.735. The van der Waals surface area contributed by atoms with Crippen LogP contribution in [0.15, 0.2) is 36.7 Å². The predicted molar refractivity (Wildman–Crippen MR) is 107 cm³/mol. The van der Waals surface area contributed by atoms with E-state index in [0.29, 0.717) is 11.8 Å². The Morgan fingerprint density at radius 2 is 2.00 bits per heavy atom. The average molecular weight is 370 g/mol. The number of carbonyl (C=O) groups excluding carboxylic acids is 1. The van der Waals surface area contributed by atoms with Crippen molar-refractivity contribution in [2.24, 2.45) is 0 Å². The SMILES string of the molecule is CC[C@@H](C)c1ccccc1OCC(=O)N1CCC(c2nccn2CC)CC1. The molecule has 1 aromatic carbocycles. The van der Waals surface area contributed by atoms with Crippen molar-refractivity contribution in [1.29, 1.82) is 0 Å². The van der Waals surface area contributed by atoms with E-state index >= 15 is 0 Å². The molecular weight excluding hydrogens is 338 g/mol. The van der Waals surface area contributed by atoms with Crippen molar-refractivity contribution in [3.05, 3.63) is 48.0 Å². The van der Waals surface area contributed by atoms with E-state index in [-0.39, 0.29) is 12.5 Å². The maximum atomic E-state index is 12.6. The van der Waals surface area contributed by atoms with Crippen molar-refractivity contribution in [1.82, 2.24) is 14.5 Å². The Bertz CT molecular complexity index is 748. The van der Waals surface area contributed by atoms with Crippen LogP contribution in [0.2, 0.25) is 0 Å². The molecule has 1 aliphatic rings. The first kappa shape index (κ1) is 19.5. The molecule has 5 nitrogen and oxygen atoms in total. The van der Waals surface area contributed by atoms with E-state index < -0.39 is 0 Å². The first-order chi connectivity index (χ1) is 13.1. The highest BCUT2D eigenvalue weighted by Crippen LogP contribution is 2.29. The Balaban J connectivity index is 1.53. The lowest BCUT2D eigenvalue weighted by Gasteiger charge is -2.32. The number of benzene rings is 1. The number of likely N-dealkylation sites (tertiary alicyclic amines) is 1. The van der Waals surface area contributed by atoms with Gasteiger partial charge < -0.3 is 14.2 Å². The molecule has 1 amide bonds. The Morgan fingerprint density at radius 3 is 2.70 bits per heavy atom. The van der Waals surface area contributed by atoms with Gasteiger partial charge in [0.2, 0.25) is 0 Å². The van der Waals surface area contributed by atoms with Crippen molar-refractivity contribution in [3.8, 4) is 5.75 Å². The number of hydrogen-bond acceptors (Lipinski definition) is 3. The van der Waals surface area contributed by atoms with E-state index in [4.69, 9.17) is 4.74 Å². The summed E-state index contributed by atoms with van der Waals surface area (Å²) in [6.45, 7) is 9.10. The summed E-state index contributed by atoms with van der Waals surface area (Å²) < 4.78 is 8.11. The zero-order chi connectivity index (χ0) is 19.2. The van der Waals surface area contributed by atoms with Crippen LogP contribution in [0.5, 0.6) is 5.75 Å². The number of aromatic nitrogens is 2. The van der Waals surface area contributed by atoms with Gasteiger partial charge in [-0.3, -0.25) is 4.79 Å². The van der Waals surface area contributed by atoms with Gasteiger partial charge in [0.15, 0.2) is 6.61 Å². The zero-order valence-corrected chi connectivity index (χ0v) is 16.7. The van der Waals surface area contributed by atoms with Crippen LogP contribution in [0.3, 0.4) is 0 Å². The van der Waals surface area contributed by atoms with Gasteiger partial charge in [-0.05, 0) is 43.7 Å². The normalized spacial score (nSPS) is 16.3. The standard InChI is InChI=1S/C22H31N3O2/c1-4-17(3)19-8-6-7-9-20(19)27-16-21(26)25-13-10-18(11-14-25)22-23-12-15-24(22)5-2/h6-9,12,15,17-18H,4-5,10-11,13-14,16H2,1-3H3/t17-/m1/s1. The lowest BCUT2D eigenvalue weighted by molar-refractivity contribution is -0.134. The molecular formula is C22H31N3O2. The number of para-hydroxylation sites is 1. The fraction of sp³-hybridized carbons (Fsp3) is 0.545. The molecule has 1 atom stereocenters. The Kier molecular flexibility index (Phi) is 6.54. The molecule has 0 unspecified atom stereocenters. The number of nitrogens with zero attached hydrogens (tertiary/aromatic N) is 3. The van der Waals surface area contributed by atoms with Gasteiger partial charge in [-0.15, -0.1) is 0 Å². The summed E-state index contributed by atoms with van der Waals surface area (Å²) in [5.74, 6) is 2.93.